The molecule has 1 aromatic heterocycles. The Morgan fingerprint density at radius 2 is 2.05 bits per heavy atom. The Balaban J connectivity index is 2.85. The number of carbonyl (C=O) groups is 2. The molecule has 6 heteroatoms. The number of aromatic nitrogens is 2. The third kappa shape index (κ3) is 5.21. The number of amides is 1. The molecule has 0 aliphatic rings. The number of hydrogen-bond donors (Lipinski definition) is 1. The van der Waals surface area contributed by atoms with Crippen LogP contribution in [0.15, 0.2) is 18.7 Å². The van der Waals surface area contributed by atoms with Crippen LogP contribution in [0.5, 0.6) is 0 Å². The average Bonchev–Trinajstić information content (AvgIpc) is 2.87. The standard InChI is InChI=1S/C15H25N3O3/c1-5-6-12(17-8-7-16-11-17)9-13(19)18(10-14(20)21)15(2,3)4/h7-8,11-12H,5-6,9-10H2,1-4H3,(H,20,21). The van der Waals surface area contributed by atoms with E-state index in [1.807, 2.05) is 31.5 Å². The molecule has 1 heterocycles. The normalized spacial score (nSPS) is 13.0. The van der Waals surface area contributed by atoms with Crippen LogP contribution < -0.4 is 0 Å². The number of carbonyl (C=O) groups excluding carboxylic acids is 1. The second kappa shape index (κ2) is 7.24. The highest BCUT2D eigenvalue weighted by atomic mass is 16.4. The molecular formula is C15H25N3O3. The molecule has 0 radical (unpaired) electrons. The Labute approximate surface area is 125 Å². The topological polar surface area (TPSA) is 75.4 Å². The first-order valence-corrected chi connectivity index (χ1v) is 7.25. The molecule has 1 unspecified atom stereocenters. The van der Waals surface area contributed by atoms with E-state index in [-0.39, 0.29) is 24.9 Å². The maximum absolute atomic E-state index is 12.5. The third-order valence-corrected chi connectivity index (χ3v) is 3.38. The van der Waals surface area contributed by atoms with E-state index in [0.717, 1.165) is 12.8 Å². The van der Waals surface area contributed by atoms with E-state index in [1.54, 1.807) is 12.5 Å². The molecule has 1 atom stereocenters. The fourth-order valence-corrected chi connectivity index (χ4v) is 2.32. The van der Waals surface area contributed by atoms with Crippen molar-refractivity contribution in [2.75, 3.05) is 6.54 Å². The largest absolute Gasteiger partial charge is 0.480 e. The number of rotatable bonds is 7. The first kappa shape index (κ1) is 17.2. The lowest BCUT2D eigenvalue weighted by molar-refractivity contribution is -0.148. The van der Waals surface area contributed by atoms with Gasteiger partial charge in [-0.2, -0.15) is 0 Å². The van der Waals surface area contributed by atoms with Gasteiger partial charge in [0.05, 0.1) is 6.33 Å². The van der Waals surface area contributed by atoms with Crippen LogP contribution in [-0.2, 0) is 9.59 Å². The van der Waals surface area contributed by atoms with Gasteiger partial charge in [0, 0.05) is 30.4 Å². The molecule has 0 spiro atoms. The lowest BCUT2D eigenvalue weighted by Crippen LogP contribution is -2.48. The van der Waals surface area contributed by atoms with Crippen molar-refractivity contribution >= 4 is 11.9 Å². The lowest BCUT2D eigenvalue weighted by Gasteiger charge is -2.35. The van der Waals surface area contributed by atoms with E-state index in [1.165, 1.54) is 4.90 Å². The first-order chi connectivity index (χ1) is 9.75. The number of aliphatic carboxylic acids is 1. The van der Waals surface area contributed by atoms with Crippen molar-refractivity contribution < 1.29 is 14.7 Å². The van der Waals surface area contributed by atoms with Gasteiger partial charge in [0.15, 0.2) is 0 Å². The van der Waals surface area contributed by atoms with Gasteiger partial charge in [-0.25, -0.2) is 4.98 Å². The summed E-state index contributed by atoms with van der Waals surface area (Å²) in [5.74, 6) is -1.13. The van der Waals surface area contributed by atoms with Gasteiger partial charge in [-0.15, -0.1) is 0 Å². The summed E-state index contributed by atoms with van der Waals surface area (Å²) in [5, 5.41) is 9.01. The van der Waals surface area contributed by atoms with Gasteiger partial charge < -0.3 is 14.6 Å². The SMILES string of the molecule is CCCC(CC(=O)N(CC(=O)O)C(C)(C)C)n1ccnc1. The number of carboxylic acid groups (broad SMARTS) is 1. The van der Waals surface area contributed by atoms with E-state index < -0.39 is 11.5 Å². The molecule has 1 amide bonds. The molecule has 0 aliphatic heterocycles. The number of hydrogen-bond acceptors (Lipinski definition) is 3. The van der Waals surface area contributed by atoms with Crippen LogP contribution in [0.2, 0.25) is 0 Å². The summed E-state index contributed by atoms with van der Waals surface area (Å²) in [6.45, 7) is 7.33. The number of carboxylic acids is 1. The molecule has 1 N–H and O–H groups in total. The van der Waals surface area contributed by atoms with E-state index in [0.29, 0.717) is 0 Å². The number of nitrogens with zero attached hydrogens (tertiary/aromatic N) is 3. The molecule has 0 bridgehead atoms. The van der Waals surface area contributed by atoms with Crippen molar-refractivity contribution in [1.29, 1.82) is 0 Å². The van der Waals surface area contributed by atoms with Crippen LogP contribution in [0.1, 0.15) is 53.0 Å². The second-order valence-electron chi connectivity index (χ2n) is 6.20. The molecule has 1 rings (SSSR count). The highest BCUT2D eigenvalue weighted by molar-refractivity contribution is 5.82. The van der Waals surface area contributed by atoms with Crippen molar-refractivity contribution in [1.82, 2.24) is 14.5 Å². The highest BCUT2D eigenvalue weighted by Crippen LogP contribution is 2.22. The van der Waals surface area contributed by atoms with Crippen molar-refractivity contribution in [3.05, 3.63) is 18.7 Å². The molecule has 21 heavy (non-hydrogen) atoms. The Kier molecular flexibility index (Phi) is 5.93. The van der Waals surface area contributed by atoms with Crippen molar-refractivity contribution in [3.63, 3.8) is 0 Å². The quantitative estimate of drug-likeness (QED) is 0.837. The lowest BCUT2D eigenvalue weighted by atomic mass is 10.0. The average molecular weight is 295 g/mol. The Morgan fingerprint density at radius 3 is 2.48 bits per heavy atom. The van der Waals surface area contributed by atoms with Crippen LogP contribution in [0, 0.1) is 0 Å². The van der Waals surface area contributed by atoms with Crippen molar-refractivity contribution in [3.8, 4) is 0 Å². The van der Waals surface area contributed by atoms with Gasteiger partial charge in [0.1, 0.15) is 6.54 Å². The zero-order valence-electron chi connectivity index (χ0n) is 13.2. The zero-order valence-corrected chi connectivity index (χ0v) is 13.2. The van der Waals surface area contributed by atoms with Gasteiger partial charge in [-0.3, -0.25) is 9.59 Å². The highest BCUT2D eigenvalue weighted by Gasteiger charge is 2.30. The molecule has 1 aromatic rings. The smallest absolute Gasteiger partial charge is 0.323 e. The molecule has 0 aliphatic carbocycles. The zero-order chi connectivity index (χ0) is 16.0. The Hall–Kier alpha value is -1.85. The van der Waals surface area contributed by atoms with E-state index in [2.05, 4.69) is 11.9 Å². The minimum Gasteiger partial charge on any atom is -0.480 e. The van der Waals surface area contributed by atoms with E-state index >= 15 is 0 Å². The Bertz CT molecular complexity index is 463. The molecule has 118 valence electrons. The Morgan fingerprint density at radius 1 is 1.38 bits per heavy atom. The molecule has 0 aromatic carbocycles. The van der Waals surface area contributed by atoms with Gasteiger partial charge in [0.25, 0.3) is 0 Å². The predicted octanol–water partition coefficient (Wildman–Crippen LogP) is 2.33. The minimum atomic E-state index is -0.993. The maximum Gasteiger partial charge on any atom is 0.323 e. The number of imidazole rings is 1. The molecular weight excluding hydrogens is 270 g/mol. The van der Waals surface area contributed by atoms with Gasteiger partial charge in [0.2, 0.25) is 5.91 Å². The van der Waals surface area contributed by atoms with Crippen LogP contribution in [0.3, 0.4) is 0 Å². The van der Waals surface area contributed by atoms with Crippen LogP contribution in [0.4, 0.5) is 0 Å². The predicted molar refractivity (Wildman–Crippen MR) is 79.9 cm³/mol. The van der Waals surface area contributed by atoms with Crippen LogP contribution in [-0.4, -0.2) is 43.5 Å². The summed E-state index contributed by atoms with van der Waals surface area (Å²) in [4.78, 5) is 29.0. The van der Waals surface area contributed by atoms with Crippen LogP contribution >= 0.6 is 0 Å². The third-order valence-electron chi connectivity index (χ3n) is 3.38. The monoisotopic (exact) mass is 295 g/mol. The summed E-state index contributed by atoms with van der Waals surface area (Å²) in [5.41, 5.74) is -0.513. The fourth-order valence-electron chi connectivity index (χ4n) is 2.32. The summed E-state index contributed by atoms with van der Waals surface area (Å²) >= 11 is 0. The fraction of sp³-hybridized carbons (Fsp3) is 0.667. The molecule has 0 saturated heterocycles. The first-order valence-electron chi connectivity index (χ1n) is 7.25. The molecule has 0 fully saturated rings. The van der Waals surface area contributed by atoms with Gasteiger partial charge in [-0.1, -0.05) is 13.3 Å². The second-order valence-corrected chi connectivity index (χ2v) is 6.20. The van der Waals surface area contributed by atoms with Crippen LogP contribution in [0.25, 0.3) is 0 Å². The molecule has 0 saturated carbocycles. The van der Waals surface area contributed by atoms with Gasteiger partial charge >= 0.3 is 5.97 Å². The summed E-state index contributed by atoms with van der Waals surface area (Å²) in [6.07, 6.45) is 7.32. The van der Waals surface area contributed by atoms with Crippen molar-refractivity contribution in [2.24, 2.45) is 0 Å². The summed E-state index contributed by atoms with van der Waals surface area (Å²) in [7, 11) is 0. The van der Waals surface area contributed by atoms with Gasteiger partial charge in [-0.05, 0) is 27.2 Å². The summed E-state index contributed by atoms with van der Waals surface area (Å²) < 4.78 is 1.92. The maximum atomic E-state index is 12.5. The van der Waals surface area contributed by atoms with E-state index in [9.17, 15) is 9.59 Å². The summed E-state index contributed by atoms with van der Waals surface area (Å²) in [6, 6.07) is 0.0173. The van der Waals surface area contributed by atoms with Crippen molar-refractivity contribution in [2.45, 2.75) is 58.5 Å². The van der Waals surface area contributed by atoms with E-state index in [4.69, 9.17) is 5.11 Å². The molecule has 6 nitrogen and oxygen atoms in total. The minimum absolute atomic E-state index is 0.0173.